The van der Waals surface area contributed by atoms with Crippen LogP contribution in [-0.4, -0.2) is 85.6 Å². The molecule has 1 aromatic rings. The second-order valence-electron chi connectivity index (χ2n) is 9.28. The van der Waals surface area contributed by atoms with Crippen molar-refractivity contribution in [2.75, 3.05) is 57.9 Å². The maximum Gasteiger partial charge on any atom is 0.409 e. The van der Waals surface area contributed by atoms with Crippen LogP contribution in [0.5, 0.6) is 0 Å². The van der Waals surface area contributed by atoms with E-state index in [0.29, 0.717) is 18.1 Å². The van der Waals surface area contributed by atoms with Crippen molar-refractivity contribution in [2.45, 2.75) is 39.2 Å². The summed E-state index contributed by atoms with van der Waals surface area (Å²) in [6.07, 6.45) is 8.85. The van der Waals surface area contributed by atoms with Crippen LogP contribution in [0.25, 0.3) is 0 Å². The third-order valence-corrected chi connectivity index (χ3v) is 7.13. The molecular formula is C24H37N6O3+. The zero-order chi connectivity index (χ0) is 23.3. The van der Waals surface area contributed by atoms with Crippen LogP contribution >= 0.6 is 0 Å². The molecule has 1 spiro atoms. The number of aromatic nitrogens is 1. The molecule has 3 aliphatic rings. The summed E-state index contributed by atoms with van der Waals surface area (Å²) in [5.41, 5.74) is 3.92. The highest BCUT2D eigenvalue weighted by molar-refractivity contribution is 6.03. The SMILES string of the molecule is CCOC(=O)N1CC2(CCC(N3CCN(c4ncccc4C(C)=N/C=C\[NH2+]OC)CC3)C2)C1. The van der Waals surface area contributed by atoms with Gasteiger partial charge < -0.3 is 14.5 Å². The molecule has 1 aromatic heterocycles. The zero-order valence-electron chi connectivity index (χ0n) is 20.1. The minimum absolute atomic E-state index is 0.155. The van der Waals surface area contributed by atoms with Crippen molar-refractivity contribution in [3.05, 3.63) is 36.3 Å². The molecule has 9 heteroatoms. The summed E-state index contributed by atoms with van der Waals surface area (Å²) >= 11 is 0. The summed E-state index contributed by atoms with van der Waals surface area (Å²) in [6.45, 7) is 10.0. The van der Waals surface area contributed by atoms with Crippen LogP contribution in [-0.2, 0) is 9.57 Å². The van der Waals surface area contributed by atoms with Crippen molar-refractivity contribution in [3.63, 3.8) is 0 Å². The Morgan fingerprint density at radius 3 is 2.85 bits per heavy atom. The molecule has 1 atom stereocenters. The Morgan fingerprint density at radius 2 is 2.12 bits per heavy atom. The third-order valence-electron chi connectivity index (χ3n) is 7.13. The fourth-order valence-corrected chi connectivity index (χ4v) is 5.45. The second-order valence-corrected chi connectivity index (χ2v) is 9.28. The third kappa shape index (κ3) is 5.37. The molecule has 1 saturated carbocycles. The first-order valence-corrected chi connectivity index (χ1v) is 12.0. The molecule has 1 unspecified atom stereocenters. The lowest BCUT2D eigenvalue weighted by Gasteiger charge is -2.48. The lowest BCUT2D eigenvalue weighted by atomic mass is 9.78. The molecule has 0 radical (unpaired) electrons. The van der Waals surface area contributed by atoms with E-state index in [-0.39, 0.29) is 6.09 Å². The first-order valence-electron chi connectivity index (χ1n) is 12.0. The molecule has 9 nitrogen and oxygen atoms in total. The smallest absolute Gasteiger partial charge is 0.409 e. The Bertz CT molecular complexity index is 875. The monoisotopic (exact) mass is 457 g/mol. The summed E-state index contributed by atoms with van der Waals surface area (Å²) in [5.74, 6) is 1.01. The van der Waals surface area contributed by atoms with Crippen LogP contribution in [0.4, 0.5) is 10.6 Å². The van der Waals surface area contributed by atoms with Crippen LogP contribution in [0.2, 0.25) is 0 Å². The van der Waals surface area contributed by atoms with Crippen LogP contribution in [0, 0.1) is 5.41 Å². The number of nitrogens with two attached hydrogens (primary N) is 1. The van der Waals surface area contributed by atoms with E-state index in [1.165, 1.54) is 19.3 Å². The number of hydroxylamine groups is 1. The number of amides is 1. The van der Waals surface area contributed by atoms with Gasteiger partial charge in [-0.05, 0) is 45.2 Å². The number of piperazine rings is 1. The van der Waals surface area contributed by atoms with Gasteiger partial charge in [0.25, 0.3) is 0 Å². The van der Waals surface area contributed by atoms with Gasteiger partial charge in [0, 0.05) is 68.2 Å². The Kier molecular flexibility index (Phi) is 7.62. The predicted octanol–water partition coefficient (Wildman–Crippen LogP) is 1.62. The Balaban J connectivity index is 1.31. The van der Waals surface area contributed by atoms with Crippen LogP contribution in [0.15, 0.2) is 35.7 Å². The van der Waals surface area contributed by atoms with Crippen molar-refractivity contribution >= 4 is 17.6 Å². The minimum Gasteiger partial charge on any atom is -0.450 e. The van der Waals surface area contributed by atoms with Crippen molar-refractivity contribution in [1.82, 2.24) is 14.8 Å². The number of hydrogen-bond acceptors (Lipinski definition) is 7. The Hall–Kier alpha value is -2.49. The van der Waals surface area contributed by atoms with Gasteiger partial charge in [-0.25, -0.2) is 14.6 Å². The number of likely N-dealkylation sites (tertiary alicyclic amines) is 1. The van der Waals surface area contributed by atoms with Gasteiger partial charge in [-0.2, -0.15) is 5.48 Å². The Labute approximate surface area is 196 Å². The number of carbonyl (C=O) groups excluding carboxylic acids is 1. The number of hydrogen-bond donors (Lipinski definition) is 1. The second kappa shape index (κ2) is 10.6. The predicted molar refractivity (Wildman–Crippen MR) is 127 cm³/mol. The van der Waals surface area contributed by atoms with Gasteiger partial charge in [-0.15, -0.1) is 0 Å². The number of anilines is 1. The highest BCUT2D eigenvalue weighted by atomic mass is 16.6. The van der Waals surface area contributed by atoms with Crippen molar-refractivity contribution in [2.24, 2.45) is 10.4 Å². The molecule has 2 saturated heterocycles. The van der Waals surface area contributed by atoms with Gasteiger partial charge in [0.2, 0.25) is 0 Å². The molecule has 3 fully saturated rings. The van der Waals surface area contributed by atoms with Crippen molar-refractivity contribution in [3.8, 4) is 0 Å². The van der Waals surface area contributed by atoms with Gasteiger partial charge >= 0.3 is 6.09 Å². The highest BCUT2D eigenvalue weighted by Gasteiger charge is 2.51. The molecule has 3 heterocycles. The Morgan fingerprint density at radius 1 is 1.33 bits per heavy atom. The summed E-state index contributed by atoms with van der Waals surface area (Å²) < 4.78 is 5.15. The van der Waals surface area contributed by atoms with E-state index in [9.17, 15) is 4.79 Å². The fourth-order valence-electron chi connectivity index (χ4n) is 5.45. The molecule has 1 amide bonds. The largest absolute Gasteiger partial charge is 0.450 e. The topological polar surface area (TPSA) is 87.1 Å². The van der Waals surface area contributed by atoms with E-state index < -0.39 is 0 Å². The molecule has 2 aliphatic heterocycles. The molecule has 2 N–H and O–H groups in total. The maximum atomic E-state index is 11.9. The highest BCUT2D eigenvalue weighted by Crippen LogP contribution is 2.47. The van der Waals surface area contributed by atoms with Crippen molar-refractivity contribution < 1.29 is 19.8 Å². The van der Waals surface area contributed by atoms with Gasteiger partial charge in [0.15, 0.2) is 0 Å². The number of carbonyl (C=O) groups is 1. The molecule has 0 aromatic carbocycles. The number of quaternary nitrogens is 1. The van der Waals surface area contributed by atoms with E-state index in [1.807, 2.05) is 31.0 Å². The van der Waals surface area contributed by atoms with Crippen molar-refractivity contribution in [1.29, 1.82) is 0 Å². The van der Waals surface area contributed by atoms with E-state index in [0.717, 1.165) is 56.4 Å². The zero-order valence-corrected chi connectivity index (χ0v) is 20.1. The average Bonchev–Trinajstić information content (AvgIpc) is 3.27. The minimum atomic E-state index is -0.155. The molecule has 33 heavy (non-hydrogen) atoms. The lowest BCUT2D eigenvalue weighted by molar-refractivity contribution is -0.842. The summed E-state index contributed by atoms with van der Waals surface area (Å²) in [6, 6.07) is 4.67. The van der Waals surface area contributed by atoms with E-state index >= 15 is 0 Å². The van der Waals surface area contributed by atoms with Gasteiger partial charge in [0.05, 0.1) is 19.9 Å². The summed E-state index contributed by atoms with van der Waals surface area (Å²) in [5, 5.41) is 0. The normalized spacial score (nSPS) is 23.4. The standard InChI is InChI=1S/C24H36N6O3/c1-4-33-23(31)30-17-24(18-30)8-7-20(16-24)28-12-14-29(15-13-28)22-21(6-5-9-26-22)19(2)25-10-11-27-32-3/h5-6,9-11,20,27H,4,7-8,12-18H2,1-3H3/p+1/b11-10-,25-19?. The van der Waals surface area contributed by atoms with Gasteiger partial charge in [-0.1, -0.05) is 0 Å². The molecule has 180 valence electrons. The molecule has 1 aliphatic carbocycles. The van der Waals surface area contributed by atoms with E-state index in [4.69, 9.17) is 14.6 Å². The van der Waals surface area contributed by atoms with Crippen LogP contribution in [0.1, 0.15) is 38.7 Å². The van der Waals surface area contributed by atoms with Gasteiger partial charge in [-0.3, -0.25) is 9.89 Å². The first kappa shape index (κ1) is 23.7. The number of rotatable bonds is 7. The fraction of sp³-hybridized carbons (Fsp3) is 0.625. The number of ether oxygens (including phenoxy) is 1. The average molecular weight is 458 g/mol. The van der Waals surface area contributed by atoms with E-state index in [1.54, 1.807) is 25.0 Å². The summed E-state index contributed by atoms with van der Waals surface area (Å²) in [4.78, 5) is 33.0. The van der Waals surface area contributed by atoms with E-state index in [2.05, 4.69) is 20.9 Å². The molecular weight excluding hydrogens is 420 g/mol. The maximum absolute atomic E-state index is 11.9. The number of pyridine rings is 1. The lowest BCUT2D eigenvalue weighted by Crippen LogP contribution is -2.75. The van der Waals surface area contributed by atoms with Gasteiger partial charge in [0.1, 0.15) is 12.0 Å². The first-order chi connectivity index (χ1) is 16.0. The van der Waals surface area contributed by atoms with Crippen LogP contribution in [0.3, 0.4) is 0 Å². The quantitative estimate of drug-likeness (QED) is 0.495. The summed E-state index contributed by atoms with van der Waals surface area (Å²) in [7, 11) is 1.62. The number of nitrogens with zero attached hydrogens (tertiary/aromatic N) is 5. The van der Waals surface area contributed by atoms with Crippen LogP contribution < -0.4 is 10.4 Å². The number of aliphatic imine (C=N–C) groups is 1. The molecule has 0 bridgehead atoms. The molecule has 4 rings (SSSR count).